The molecule has 4 rings (SSSR count). The summed E-state index contributed by atoms with van der Waals surface area (Å²) in [6.45, 7) is 4.46. The lowest BCUT2D eigenvalue weighted by atomic mass is 9.44. The lowest BCUT2D eigenvalue weighted by molar-refractivity contribution is -0.183. The van der Waals surface area contributed by atoms with Crippen LogP contribution in [-0.2, 0) is 0 Å². The number of rotatable bonds is 2. The second kappa shape index (κ2) is 6.19. The number of fused-ring (bicyclic) bond motifs is 5. The molecule has 0 aromatic rings. The predicted octanol–water partition coefficient (Wildman–Crippen LogP) is 2.33. The number of aliphatic hydroxyl groups is 4. The monoisotopic (exact) mass is 352 g/mol. The van der Waals surface area contributed by atoms with Gasteiger partial charge in [-0.2, -0.15) is 0 Å². The van der Waals surface area contributed by atoms with E-state index in [-0.39, 0.29) is 35.6 Å². The molecular formula is C21H36O4. The van der Waals surface area contributed by atoms with E-state index in [4.69, 9.17) is 0 Å². The lowest BCUT2D eigenvalue weighted by Gasteiger charge is -2.62. The van der Waals surface area contributed by atoms with Gasteiger partial charge in [0.15, 0.2) is 0 Å². The molecule has 0 unspecified atom stereocenters. The molecular weight excluding hydrogens is 316 g/mol. The molecule has 0 aromatic carbocycles. The molecule has 4 heteroatoms. The Balaban J connectivity index is 1.64. The average Bonchev–Trinajstić information content (AvgIpc) is 2.91. The summed E-state index contributed by atoms with van der Waals surface area (Å²) in [5, 5.41) is 41.2. The second-order valence-electron chi connectivity index (χ2n) is 10.2. The van der Waals surface area contributed by atoms with Gasteiger partial charge in [-0.15, -0.1) is 0 Å². The lowest BCUT2D eigenvalue weighted by Crippen LogP contribution is -2.59. The molecule has 0 spiro atoms. The van der Waals surface area contributed by atoms with Crippen LogP contribution >= 0.6 is 0 Å². The molecule has 4 saturated carbocycles. The van der Waals surface area contributed by atoms with Crippen LogP contribution in [0.1, 0.15) is 65.2 Å². The van der Waals surface area contributed by atoms with Crippen molar-refractivity contribution in [3.63, 3.8) is 0 Å². The van der Waals surface area contributed by atoms with Crippen molar-refractivity contribution in [3.8, 4) is 0 Å². The molecule has 4 N–H and O–H groups in total. The first kappa shape index (κ1) is 18.2. The van der Waals surface area contributed by atoms with Gasteiger partial charge in [-0.05, 0) is 91.8 Å². The Morgan fingerprint density at radius 2 is 1.76 bits per heavy atom. The Bertz CT molecular complexity index is 510. The highest BCUT2D eigenvalue weighted by molar-refractivity contribution is 5.12. The molecule has 10 atom stereocenters. The van der Waals surface area contributed by atoms with Gasteiger partial charge in [-0.1, -0.05) is 13.8 Å². The number of hydrogen-bond donors (Lipinski definition) is 4. The second-order valence-corrected chi connectivity index (χ2v) is 10.2. The summed E-state index contributed by atoms with van der Waals surface area (Å²) in [7, 11) is 0. The van der Waals surface area contributed by atoms with E-state index in [1.54, 1.807) is 0 Å². The molecule has 0 saturated heterocycles. The van der Waals surface area contributed by atoms with Crippen LogP contribution in [-0.4, -0.2) is 45.3 Å². The van der Waals surface area contributed by atoms with Crippen molar-refractivity contribution < 1.29 is 20.4 Å². The van der Waals surface area contributed by atoms with E-state index in [2.05, 4.69) is 13.8 Å². The van der Waals surface area contributed by atoms with Crippen molar-refractivity contribution in [3.05, 3.63) is 0 Å². The van der Waals surface area contributed by atoms with Crippen LogP contribution in [0.3, 0.4) is 0 Å². The van der Waals surface area contributed by atoms with E-state index in [0.29, 0.717) is 23.7 Å². The molecule has 0 amide bonds. The maximum absolute atomic E-state index is 11.3. The normalized spacial score (nSPS) is 56.6. The highest BCUT2D eigenvalue weighted by atomic mass is 16.3. The third-order valence-electron chi connectivity index (χ3n) is 9.29. The van der Waals surface area contributed by atoms with Gasteiger partial charge in [0.2, 0.25) is 0 Å². The van der Waals surface area contributed by atoms with Gasteiger partial charge >= 0.3 is 0 Å². The molecule has 4 aliphatic rings. The van der Waals surface area contributed by atoms with Gasteiger partial charge in [0.25, 0.3) is 0 Å². The maximum Gasteiger partial charge on any atom is 0.0804 e. The van der Waals surface area contributed by atoms with Crippen molar-refractivity contribution in [2.75, 3.05) is 6.61 Å². The van der Waals surface area contributed by atoms with Crippen LogP contribution in [0.4, 0.5) is 0 Å². The minimum atomic E-state index is -0.657. The number of hydrogen-bond acceptors (Lipinski definition) is 4. The summed E-state index contributed by atoms with van der Waals surface area (Å²) in [4.78, 5) is 0. The standard InChI is InChI=1S/C21H36O4/c1-20-8-7-13(23)9-12(20)3-4-14-15-5-6-16(18(25)11-22)21(15,2)10-17(24)19(14)20/h12-19,22-25H,3-11H2,1-2H3/t12-,13+,14-,15-,16+,17-,18-,19+,20-,21-/m0/s1. The third-order valence-corrected chi connectivity index (χ3v) is 9.29. The molecule has 0 aromatic heterocycles. The Morgan fingerprint density at radius 1 is 1.00 bits per heavy atom. The van der Waals surface area contributed by atoms with Crippen LogP contribution in [0.5, 0.6) is 0 Å². The summed E-state index contributed by atoms with van der Waals surface area (Å²) >= 11 is 0. The molecule has 144 valence electrons. The Hall–Kier alpha value is -0.160. The average molecular weight is 353 g/mol. The first-order valence-corrected chi connectivity index (χ1v) is 10.5. The van der Waals surface area contributed by atoms with Crippen molar-refractivity contribution >= 4 is 0 Å². The quantitative estimate of drug-likeness (QED) is 0.615. The van der Waals surface area contributed by atoms with E-state index < -0.39 is 6.10 Å². The zero-order valence-corrected chi connectivity index (χ0v) is 15.8. The summed E-state index contributed by atoms with van der Waals surface area (Å²) in [5.74, 6) is 2.06. The van der Waals surface area contributed by atoms with Crippen molar-refractivity contribution in [2.24, 2.45) is 40.4 Å². The Labute approximate surface area is 151 Å². The highest BCUT2D eigenvalue weighted by Crippen LogP contribution is 2.67. The molecule has 0 heterocycles. The topological polar surface area (TPSA) is 80.9 Å². The van der Waals surface area contributed by atoms with Crippen LogP contribution < -0.4 is 0 Å². The summed E-state index contributed by atoms with van der Waals surface area (Å²) < 4.78 is 0. The maximum atomic E-state index is 11.3. The molecule has 0 radical (unpaired) electrons. The fraction of sp³-hybridized carbons (Fsp3) is 1.00. The van der Waals surface area contributed by atoms with Gasteiger partial charge in [0.1, 0.15) is 0 Å². The minimum Gasteiger partial charge on any atom is -0.394 e. The molecule has 0 bridgehead atoms. The molecule has 4 nitrogen and oxygen atoms in total. The SMILES string of the molecule is C[C@]12CC[C@@H](O)C[C@@H]1CC[C@@H]1[C@@H]2[C@@H](O)C[C@]2(C)[C@@H]([C@@H](O)CO)CC[C@@H]12. The van der Waals surface area contributed by atoms with Gasteiger partial charge in [-0.25, -0.2) is 0 Å². The van der Waals surface area contributed by atoms with Crippen molar-refractivity contribution in [1.29, 1.82) is 0 Å². The zero-order chi connectivity index (χ0) is 18.0. The highest BCUT2D eigenvalue weighted by Gasteiger charge is 2.63. The summed E-state index contributed by atoms with van der Waals surface area (Å²) in [5.41, 5.74) is 0.0939. The minimum absolute atomic E-state index is 0.0554. The van der Waals surface area contributed by atoms with Gasteiger partial charge in [-0.3, -0.25) is 0 Å². The Kier molecular flexibility index (Phi) is 4.51. The third kappa shape index (κ3) is 2.55. The van der Waals surface area contributed by atoms with Crippen LogP contribution in [0.25, 0.3) is 0 Å². The van der Waals surface area contributed by atoms with E-state index in [0.717, 1.165) is 44.9 Å². The molecule has 25 heavy (non-hydrogen) atoms. The smallest absolute Gasteiger partial charge is 0.0804 e. The zero-order valence-electron chi connectivity index (χ0n) is 15.8. The predicted molar refractivity (Wildman–Crippen MR) is 95.7 cm³/mol. The van der Waals surface area contributed by atoms with Crippen LogP contribution in [0.2, 0.25) is 0 Å². The van der Waals surface area contributed by atoms with E-state index >= 15 is 0 Å². The molecule has 4 fully saturated rings. The first-order chi connectivity index (χ1) is 11.8. The fourth-order valence-corrected chi connectivity index (χ4v) is 8.16. The van der Waals surface area contributed by atoms with Crippen LogP contribution in [0, 0.1) is 40.4 Å². The van der Waals surface area contributed by atoms with E-state index in [9.17, 15) is 20.4 Å². The summed E-state index contributed by atoms with van der Waals surface area (Å²) in [6, 6.07) is 0. The van der Waals surface area contributed by atoms with Gasteiger partial charge in [0.05, 0.1) is 24.9 Å². The fourth-order valence-electron chi connectivity index (χ4n) is 8.16. The van der Waals surface area contributed by atoms with Gasteiger partial charge < -0.3 is 20.4 Å². The summed E-state index contributed by atoms with van der Waals surface area (Å²) in [6.07, 6.45) is 6.84. The molecule has 4 aliphatic carbocycles. The Morgan fingerprint density at radius 3 is 2.48 bits per heavy atom. The largest absolute Gasteiger partial charge is 0.394 e. The van der Waals surface area contributed by atoms with E-state index in [1.807, 2.05) is 0 Å². The van der Waals surface area contributed by atoms with Crippen LogP contribution in [0.15, 0.2) is 0 Å². The van der Waals surface area contributed by atoms with Crippen molar-refractivity contribution in [2.45, 2.75) is 83.5 Å². The van der Waals surface area contributed by atoms with Crippen molar-refractivity contribution in [1.82, 2.24) is 0 Å². The number of aliphatic hydroxyl groups excluding tert-OH is 4. The first-order valence-electron chi connectivity index (χ1n) is 10.5. The molecule has 0 aliphatic heterocycles. The van der Waals surface area contributed by atoms with E-state index in [1.165, 1.54) is 6.42 Å². The van der Waals surface area contributed by atoms with Gasteiger partial charge in [0, 0.05) is 0 Å².